The molecule has 1 aromatic heterocycles. The number of rotatable bonds is 8. The van der Waals surface area contributed by atoms with Crippen molar-refractivity contribution in [2.75, 3.05) is 19.6 Å². The van der Waals surface area contributed by atoms with Gasteiger partial charge in [-0.2, -0.15) is 0 Å². The number of aliphatic hydroxyl groups excluding tert-OH is 1. The van der Waals surface area contributed by atoms with E-state index in [0.29, 0.717) is 13.0 Å². The molecule has 1 heterocycles. The number of aromatic nitrogens is 1. The van der Waals surface area contributed by atoms with E-state index in [2.05, 4.69) is 20.8 Å². The third-order valence-corrected chi connectivity index (χ3v) is 4.05. The van der Waals surface area contributed by atoms with Crippen LogP contribution in [0.4, 0.5) is 0 Å². The average Bonchev–Trinajstić information content (AvgIpc) is 2.94. The van der Waals surface area contributed by atoms with Crippen LogP contribution in [-0.4, -0.2) is 35.9 Å². The summed E-state index contributed by atoms with van der Waals surface area (Å²) in [7, 11) is 0. The van der Waals surface area contributed by atoms with Gasteiger partial charge in [-0.25, -0.2) is 0 Å². The van der Waals surface area contributed by atoms with Crippen LogP contribution < -0.4 is 10.6 Å². The molecule has 25 heavy (non-hydrogen) atoms. The van der Waals surface area contributed by atoms with Gasteiger partial charge in [0.2, 0.25) is 0 Å². The topological polar surface area (TPSA) is 82.7 Å². The quantitative estimate of drug-likeness (QED) is 0.506. The molecule has 2 rings (SSSR count). The summed E-state index contributed by atoms with van der Waals surface area (Å²) in [5.41, 5.74) is 3.00. The summed E-state index contributed by atoms with van der Waals surface area (Å²) in [5.74, 6) is 1.63. The minimum absolute atomic E-state index is 0.491. The molecule has 6 heteroatoms. The van der Waals surface area contributed by atoms with E-state index in [1.54, 1.807) is 0 Å². The maximum Gasteiger partial charge on any atom is 0.191 e. The van der Waals surface area contributed by atoms with Crippen molar-refractivity contribution in [2.45, 2.75) is 39.7 Å². The summed E-state index contributed by atoms with van der Waals surface area (Å²) in [5, 5.41) is 20.7. The first-order chi connectivity index (χ1) is 12.1. The molecule has 1 aromatic carbocycles. The predicted octanol–water partition coefficient (Wildman–Crippen LogP) is 2.51. The maximum atomic E-state index is 10.2. The largest absolute Gasteiger partial charge is 0.388 e. The maximum absolute atomic E-state index is 10.2. The fourth-order valence-corrected chi connectivity index (χ4v) is 2.65. The first kappa shape index (κ1) is 19.0. The summed E-state index contributed by atoms with van der Waals surface area (Å²) < 4.78 is 5.18. The molecular formula is C19H28N4O2. The van der Waals surface area contributed by atoms with Crippen LogP contribution in [0.25, 0.3) is 0 Å². The summed E-state index contributed by atoms with van der Waals surface area (Å²) in [4.78, 5) is 4.54. The molecule has 1 unspecified atom stereocenters. The van der Waals surface area contributed by atoms with Gasteiger partial charge >= 0.3 is 0 Å². The molecule has 0 saturated heterocycles. The molecular weight excluding hydrogens is 316 g/mol. The number of hydrogen-bond acceptors (Lipinski definition) is 4. The number of benzene rings is 1. The Morgan fingerprint density at radius 2 is 2.00 bits per heavy atom. The van der Waals surface area contributed by atoms with Gasteiger partial charge in [-0.05, 0) is 39.2 Å². The molecule has 136 valence electrons. The second-order valence-electron chi connectivity index (χ2n) is 5.96. The Morgan fingerprint density at radius 3 is 2.64 bits per heavy atom. The Morgan fingerprint density at radius 1 is 1.24 bits per heavy atom. The molecule has 2 aromatic rings. The van der Waals surface area contributed by atoms with Gasteiger partial charge in [-0.3, -0.25) is 4.99 Å². The van der Waals surface area contributed by atoms with Crippen molar-refractivity contribution in [3.05, 3.63) is 52.9 Å². The molecule has 3 N–H and O–H groups in total. The van der Waals surface area contributed by atoms with E-state index in [0.717, 1.165) is 48.1 Å². The number of nitrogens with zero attached hydrogens (tertiary/aromatic N) is 2. The third-order valence-electron chi connectivity index (χ3n) is 4.05. The van der Waals surface area contributed by atoms with Crippen LogP contribution in [0.1, 0.15) is 42.0 Å². The van der Waals surface area contributed by atoms with E-state index in [1.807, 2.05) is 51.1 Å². The summed E-state index contributed by atoms with van der Waals surface area (Å²) in [6.45, 7) is 8.01. The molecule has 0 aliphatic carbocycles. The molecule has 0 saturated carbocycles. The number of aliphatic hydroxyl groups is 1. The Balaban J connectivity index is 1.81. The molecule has 0 radical (unpaired) electrons. The molecule has 0 amide bonds. The first-order valence-electron chi connectivity index (χ1n) is 8.78. The second kappa shape index (κ2) is 9.84. The number of aryl methyl sites for hydroxylation is 2. The lowest BCUT2D eigenvalue weighted by atomic mass is 10.1. The van der Waals surface area contributed by atoms with Gasteiger partial charge in [0, 0.05) is 25.2 Å². The first-order valence-corrected chi connectivity index (χ1v) is 8.78. The van der Waals surface area contributed by atoms with Crippen molar-refractivity contribution in [3.8, 4) is 0 Å². The standard InChI is InChI=1S/C19H28N4O2/c1-4-20-19(21-12-10-17-14(2)23-25-15(17)3)22-13-11-18(24)16-8-6-5-7-9-16/h5-9,18,24H,4,10-13H2,1-3H3,(H2,20,21,22). The minimum Gasteiger partial charge on any atom is -0.388 e. The van der Waals surface area contributed by atoms with Crippen molar-refractivity contribution >= 4 is 5.96 Å². The molecule has 6 nitrogen and oxygen atoms in total. The van der Waals surface area contributed by atoms with Gasteiger partial charge in [0.25, 0.3) is 0 Å². The molecule has 1 atom stereocenters. The molecule has 0 fully saturated rings. The van der Waals surface area contributed by atoms with Gasteiger partial charge < -0.3 is 20.3 Å². The van der Waals surface area contributed by atoms with Gasteiger partial charge in [0.05, 0.1) is 11.8 Å². The lowest BCUT2D eigenvalue weighted by Crippen LogP contribution is -2.38. The lowest BCUT2D eigenvalue weighted by Gasteiger charge is -2.13. The van der Waals surface area contributed by atoms with Crippen LogP contribution in [0.2, 0.25) is 0 Å². The van der Waals surface area contributed by atoms with E-state index >= 15 is 0 Å². The second-order valence-corrected chi connectivity index (χ2v) is 5.96. The van der Waals surface area contributed by atoms with E-state index in [4.69, 9.17) is 4.52 Å². The smallest absolute Gasteiger partial charge is 0.191 e. The minimum atomic E-state index is -0.491. The van der Waals surface area contributed by atoms with Gasteiger partial charge in [0.1, 0.15) is 5.76 Å². The molecule has 0 aliphatic heterocycles. The molecule has 0 aliphatic rings. The Hall–Kier alpha value is -2.34. The van der Waals surface area contributed by atoms with Crippen molar-refractivity contribution in [1.29, 1.82) is 0 Å². The predicted molar refractivity (Wildman–Crippen MR) is 99.7 cm³/mol. The normalized spacial score (nSPS) is 12.9. The Bertz CT molecular complexity index is 648. The summed E-state index contributed by atoms with van der Waals surface area (Å²) in [6, 6.07) is 9.67. The van der Waals surface area contributed by atoms with Gasteiger partial charge in [-0.1, -0.05) is 35.5 Å². The average molecular weight is 344 g/mol. The van der Waals surface area contributed by atoms with E-state index in [-0.39, 0.29) is 0 Å². The highest BCUT2D eigenvalue weighted by molar-refractivity contribution is 5.79. The van der Waals surface area contributed by atoms with Crippen LogP contribution in [0, 0.1) is 13.8 Å². The summed E-state index contributed by atoms with van der Waals surface area (Å²) >= 11 is 0. The number of aliphatic imine (C=N–C) groups is 1. The highest BCUT2D eigenvalue weighted by Gasteiger charge is 2.09. The SMILES string of the molecule is CCNC(=NCCC(O)c1ccccc1)NCCc1c(C)noc1C. The van der Waals surface area contributed by atoms with E-state index < -0.39 is 6.10 Å². The van der Waals surface area contributed by atoms with E-state index in [9.17, 15) is 5.11 Å². The van der Waals surface area contributed by atoms with Gasteiger partial charge in [0.15, 0.2) is 5.96 Å². The highest BCUT2D eigenvalue weighted by Crippen LogP contribution is 2.15. The summed E-state index contributed by atoms with van der Waals surface area (Å²) in [6.07, 6.45) is 0.929. The fraction of sp³-hybridized carbons (Fsp3) is 0.474. The van der Waals surface area contributed by atoms with Crippen LogP contribution in [0.3, 0.4) is 0 Å². The zero-order valence-corrected chi connectivity index (χ0v) is 15.2. The van der Waals surface area contributed by atoms with Crippen molar-refractivity contribution in [1.82, 2.24) is 15.8 Å². The number of nitrogens with one attached hydrogen (secondary N) is 2. The number of guanidine groups is 1. The Kier molecular flexibility index (Phi) is 7.47. The van der Waals surface area contributed by atoms with Crippen molar-refractivity contribution < 1.29 is 9.63 Å². The lowest BCUT2D eigenvalue weighted by molar-refractivity contribution is 0.170. The van der Waals surface area contributed by atoms with Crippen LogP contribution in [0.5, 0.6) is 0 Å². The monoisotopic (exact) mass is 344 g/mol. The highest BCUT2D eigenvalue weighted by atomic mass is 16.5. The fourth-order valence-electron chi connectivity index (χ4n) is 2.65. The Labute approximate surface area is 149 Å². The van der Waals surface area contributed by atoms with E-state index in [1.165, 1.54) is 0 Å². The molecule has 0 spiro atoms. The van der Waals surface area contributed by atoms with Gasteiger partial charge in [-0.15, -0.1) is 0 Å². The van der Waals surface area contributed by atoms with Crippen molar-refractivity contribution in [3.63, 3.8) is 0 Å². The molecule has 0 bridgehead atoms. The third kappa shape index (κ3) is 5.90. The van der Waals surface area contributed by atoms with Crippen molar-refractivity contribution in [2.24, 2.45) is 4.99 Å². The van der Waals surface area contributed by atoms with Crippen LogP contribution in [-0.2, 0) is 6.42 Å². The van der Waals surface area contributed by atoms with Crippen LogP contribution >= 0.6 is 0 Å². The van der Waals surface area contributed by atoms with Crippen LogP contribution in [0.15, 0.2) is 39.8 Å². The zero-order chi connectivity index (χ0) is 18.1. The zero-order valence-electron chi connectivity index (χ0n) is 15.2. The number of hydrogen-bond donors (Lipinski definition) is 3.